The highest BCUT2D eigenvalue weighted by molar-refractivity contribution is 9.10. The molecule has 13 heavy (non-hydrogen) atoms. The Hall–Kier alpha value is -0.760. The van der Waals surface area contributed by atoms with Crippen LogP contribution in [-0.4, -0.2) is 6.54 Å². The van der Waals surface area contributed by atoms with Gasteiger partial charge in [0.15, 0.2) is 0 Å². The average Bonchev–Trinajstić information content (AvgIpc) is 2.07. The smallest absolute Gasteiger partial charge is 0.0489 e. The van der Waals surface area contributed by atoms with Crippen LogP contribution in [0.5, 0.6) is 0 Å². The van der Waals surface area contributed by atoms with Crippen molar-refractivity contribution in [1.29, 1.82) is 0 Å². The summed E-state index contributed by atoms with van der Waals surface area (Å²) in [5.74, 6) is 0. The summed E-state index contributed by atoms with van der Waals surface area (Å²) < 4.78 is 1.14. The van der Waals surface area contributed by atoms with Crippen LogP contribution < -0.4 is 5.32 Å². The van der Waals surface area contributed by atoms with Crippen molar-refractivity contribution >= 4 is 21.6 Å². The van der Waals surface area contributed by atoms with Gasteiger partial charge in [-0.2, -0.15) is 0 Å². The van der Waals surface area contributed by atoms with E-state index in [-0.39, 0.29) is 0 Å². The van der Waals surface area contributed by atoms with E-state index in [1.165, 1.54) is 5.56 Å². The van der Waals surface area contributed by atoms with Crippen LogP contribution >= 0.6 is 15.9 Å². The van der Waals surface area contributed by atoms with Gasteiger partial charge in [0.2, 0.25) is 0 Å². The van der Waals surface area contributed by atoms with Crippen LogP contribution in [0.3, 0.4) is 0 Å². The highest BCUT2D eigenvalue weighted by Gasteiger charge is 2.00. The lowest BCUT2D eigenvalue weighted by Crippen LogP contribution is -2.02. The summed E-state index contributed by atoms with van der Waals surface area (Å²) in [5.41, 5.74) is 3.50. The lowest BCUT2D eigenvalue weighted by atomic mass is 10.2. The summed E-state index contributed by atoms with van der Waals surface area (Å²) in [6.07, 6.45) is 0. The van der Waals surface area contributed by atoms with Gasteiger partial charge in [-0.15, -0.1) is 0 Å². The summed E-state index contributed by atoms with van der Waals surface area (Å²) in [5, 5.41) is 3.31. The molecule has 1 rings (SSSR count). The monoisotopic (exact) mass is 239 g/mol. The standard InChI is InChI=1S/C11H14BrN/c1-8(2)7-13-10-6-4-5-9(3)11(10)12/h4-6,13H,1,7H2,2-3H3. The van der Waals surface area contributed by atoms with E-state index in [0.717, 1.165) is 22.3 Å². The minimum atomic E-state index is 0.821. The van der Waals surface area contributed by atoms with Crippen molar-refractivity contribution in [2.75, 3.05) is 11.9 Å². The molecule has 0 spiro atoms. The van der Waals surface area contributed by atoms with Crippen LogP contribution in [-0.2, 0) is 0 Å². The fraction of sp³-hybridized carbons (Fsp3) is 0.273. The third-order valence-electron chi connectivity index (χ3n) is 1.77. The summed E-state index contributed by atoms with van der Waals surface area (Å²) in [7, 11) is 0. The molecule has 0 aliphatic heterocycles. The van der Waals surface area contributed by atoms with Gasteiger partial charge < -0.3 is 5.32 Å². The number of anilines is 1. The van der Waals surface area contributed by atoms with Gasteiger partial charge in [-0.05, 0) is 41.4 Å². The van der Waals surface area contributed by atoms with E-state index in [1.807, 2.05) is 13.0 Å². The Kier molecular flexibility index (Phi) is 3.55. The summed E-state index contributed by atoms with van der Waals surface area (Å²) >= 11 is 3.54. The van der Waals surface area contributed by atoms with Gasteiger partial charge in [0, 0.05) is 16.7 Å². The van der Waals surface area contributed by atoms with Crippen molar-refractivity contribution in [2.45, 2.75) is 13.8 Å². The van der Waals surface area contributed by atoms with Crippen LogP contribution in [0.2, 0.25) is 0 Å². The quantitative estimate of drug-likeness (QED) is 0.793. The topological polar surface area (TPSA) is 12.0 Å². The Morgan fingerprint density at radius 1 is 1.54 bits per heavy atom. The molecule has 70 valence electrons. The number of hydrogen-bond donors (Lipinski definition) is 1. The van der Waals surface area contributed by atoms with Gasteiger partial charge >= 0.3 is 0 Å². The molecule has 0 unspecified atom stereocenters. The molecule has 1 nitrogen and oxygen atoms in total. The van der Waals surface area contributed by atoms with E-state index in [0.29, 0.717) is 0 Å². The van der Waals surface area contributed by atoms with E-state index in [4.69, 9.17) is 0 Å². The Labute approximate surface area is 88.0 Å². The second-order valence-electron chi connectivity index (χ2n) is 3.25. The minimum absolute atomic E-state index is 0.821. The van der Waals surface area contributed by atoms with E-state index in [1.54, 1.807) is 0 Å². The molecule has 0 atom stereocenters. The number of nitrogens with one attached hydrogen (secondary N) is 1. The Morgan fingerprint density at radius 2 is 2.23 bits per heavy atom. The normalized spacial score (nSPS) is 9.77. The van der Waals surface area contributed by atoms with Crippen molar-refractivity contribution < 1.29 is 0 Å². The lowest BCUT2D eigenvalue weighted by Gasteiger charge is -2.09. The Balaban J connectivity index is 2.77. The molecule has 0 bridgehead atoms. The average molecular weight is 240 g/mol. The van der Waals surface area contributed by atoms with Crippen molar-refractivity contribution in [1.82, 2.24) is 0 Å². The first-order chi connectivity index (χ1) is 6.11. The highest BCUT2D eigenvalue weighted by Crippen LogP contribution is 2.25. The minimum Gasteiger partial charge on any atom is -0.380 e. The molecule has 2 heteroatoms. The molecule has 0 aliphatic rings. The molecule has 0 saturated heterocycles. The van der Waals surface area contributed by atoms with Gasteiger partial charge in [-0.1, -0.05) is 24.3 Å². The van der Waals surface area contributed by atoms with E-state index >= 15 is 0 Å². The molecule has 0 aromatic heterocycles. The van der Waals surface area contributed by atoms with Crippen LogP contribution in [0.1, 0.15) is 12.5 Å². The summed E-state index contributed by atoms with van der Waals surface area (Å²) in [4.78, 5) is 0. The third kappa shape index (κ3) is 2.88. The van der Waals surface area contributed by atoms with Crippen LogP contribution in [0, 0.1) is 6.92 Å². The lowest BCUT2D eigenvalue weighted by molar-refractivity contribution is 1.21. The Morgan fingerprint density at radius 3 is 2.85 bits per heavy atom. The third-order valence-corrected chi connectivity index (χ3v) is 2.83. The predicted molar refractivity (Wildman–Crippen MR) is 62.2 cm³/mol. The molecule has 0 radical (unpaired) electrons. The van der Waals surface area contributed by atoms with Crippen molar-refractivity contribution in [3.63, 3.8) is 0 Å². The number of rotatable bonds is 3. The van der Waals surface area contributed by atoms with Crippen molar-refractivity contribution in [2.24, 2.45) is 0 Å². The van der Waals surface area contributed by atoms with Crippen LogP contribution in [0.15, 0.2) is 34.8 Å². The van der Waals surface area contributed by atoms with Crippen LogP contribution in [0.25, 0.3) is 0 Å². The molecule has 0 fully saturated rings. The molecule has 0 heterocycles. The van der Waals surface area contributed by atoms with E-state index in [9.17, 15) is 0 Å². The maximum Gasteiger partial charge on any atom is 0.0489 e. The molecule has 0 amide bonds. The summed E-state index contributed by atoms with van der Waals surface area (Å²) in [6, 6.07) is 6.18. The first-order valence-corrected chi connectivity index (χ1v) is 5.04. The zero-order chi connectivity index (χ0) is 9.84. The first kappa shape index (κ1) is 10.3. The van der Waals surface area contributed by atoms with Gasteiger partial charge in [-0.3, -0.25) is 0 Å². The predicted octanol–water partition coefficient (Wildman–Crippen LogP) is 3.75. The van der Waals surface area contributed by atoms with Gasteiger partial charge in [0.1, 0.15) is 0 Å². The fourth-order valence-electron chi connectivity index (χ4n) is 1.03. The van der Waals surface area contributed by atoms with Gasteiger partial charge in [0.05, 0.1) is 0 Å². The second kappa shape index (κ2) is 4.47. The fourth-order valence-corrected chi connectivity index (χ4v) is 1.43. The highest BCUT2D eigenvalue weighted by atomic mass is 79.9. The van der Waals surface area contributed by atoms with E-state index < -0.39 is 0 Å². The van der Waals surface area contributed by atoms with Crippen LogP contribution in [0.4, 0.5) is 5.69 Å². The number of halogens is 1. The van der Waals surface area contributed by atoms with Crippen molar-refractivity contribution in [3.8, 4) is 0 Å². The zero-order valence-corrected chi connectivity index (χ0v) is 9.61. The number of benzene rings is 1. The Bertz CT molecular complexity index is 318. The maximum atomic E-state index is 3.84. The molecule has 1 aromatic rings. The molecule has 1 aromatic carbocycles. The first-order valence-electron chi connectivity index (χ1n) is 4.24. The van der Waals surface area contributed by atoms with Gasteiger partial charge in [-0.25, -0.2) is 0 Å². The summed E-state index contributed by atoms with van der Waals surface area (Å²) in [6.45, 7) is 8.76. The maximum absolute atomic E-state index is 3.84. The van der Waals surface area contributed by atoms with Gasteiger partial charge in [0.25, 0.3) is 0 Å². The second-order valence-corrected chi connectivity index (χ2v) is 4.04. The number of hydrogen-bond acceptors (Lipinski definition) is 1. The largest absolute Gasteiger partial charge is 0.380 e. The molecule has 0 saturated carbocycles. The zero-order valence-electron chi connectivity index (χ0n) is 8.02. The molecular weight excluding hydrogens is 226 g/mol. The molecular formula is C11H14BrN. The molecule has 1 N–H and O–H groups in total. The van der Waals surface area contributed by atoms with E-state index in [2.05, 4.69) is 46.9 Å². The van der Waals surface area contributed by atoms with Crippen molar-refractivity contribution in [3.05, 3.63) is 40.4 Å². The SMILES string of the molecule is C=C(C)CNc1cccc(C)c1Br. The number of aryl methyl sites for hydroxylation is 1. The molecule has 0 aliphatic carbocycles.